The molecule has 0 aromatic rings. The molecule has 0 bridgehead atoms. The van der Waals surface area contributed by atoms with E-state index in [1.54, 1.807) is 0 Å². The number of piperidine rings is 1. The van der Waals surface area contributed by atoms with Crippen LogP contribution in [-0.4, -0.2) is 53.7 Å². The number of carbonyl (C=O) groups excluding carboxylic acids is 2. The smallest absolute Gasteiger partial charge is 0.341 e. The monoisotopic (exact) mass is 259 g/mol. The zero-order valence-corrected chi connectivity index (χ0v) is 10.1. The van der Waals surface area contributed by atoms with Crippen molar-refractivity contribution in [1.29, 1.82) is 0 Å². The first kappa shape index (κ1) is 14.2. The molecule has 0 aromatic heterocycles. The van der Waals surface area contributed by atoms with Crippen LogP contribution in [0.2, 0.25) is 0 Å². The number of nitrogens with zero attached hydrogens (tertiary/aromatic N) is 1. The van der Waals surface area contributed by atoms with Crippen LogP contribution in [0.5, 0.6) is 0 Å². The normalized spacial score (nSPS) is 16.2. The second-order valence-corrected chi connectivity index (χ2v) is 4.05. The van der Waals surface area contributed by atoms with E-state index in [0.717, 1.165) is 0 Å². The second kappa shape index (κ2) is 6.80. The Kier molecular flexibility index (Phi) is 5.37. The SMILES string of the molecule is CC(=O)NC1CCN(C(=O)NOCC(=O)O)CC1. The molecular weight excluding hydrogens is 242 g/mol. The van der Waals surface area contributed by atoms with Gasteiger partial charge in [0.1, 0.15) is 0 Å². The van der Waals surface area contributed by atoms with E-state index in [9.17, 15) is 14.4 Å². The Bertz CT molecular complexity index is 325. The summed E-state index contributed by atoms with van der Waals surface area (Å²) in [5, 5.41) is 11.1. The van der Waals surface area contributed by atoms with Crippen LogP contribution in [0.3, 0.4) is 0 Å². The molecule has 0 spiro atoms. The number of amides is 3. The van der Waals surface area contributed by atoms with Crippen molar-refractivity contribution in [2.24, 2.45) is 0 Å². The van der Waals surface area contributed by atoms with Gasteiger partial charge in [0, 0.05) is 26.1 Å². The standard InChI is InChI=1S/C10H17N3O5/c1-7(14)11-8-2-4-13(5-3-8)10(17)12-18-6-9(15)16/h8H,2-6H2,1H3,(H,11,14)(H,12,17)(H,15,16). The lowest BCUT2D eigenvalue weighted by Gasteiger charge is -2.31. The minimum atomic E-state index is -1.15. The first-order valence-electron chi connectivity index (χ1n) is 5.64. The molecule has 1 aliphatic heterocycles. The molecule has 8 nitrogen and oxygen atoms in total. The lowest BCUT2D eigenvalue weighted by molar-refractivity contribution is -0.144. The predicted octanol–water partition coefficient (Wildman–Crippen LogP) is -0.687. The van der Waals surface area contributed by atoms with E-state index in [2.05, 4.69) is 15.6 Å². The van der Waals surface area contributed by atoms with E-state index in [1.165, 1.54) is 11.8 Å². The van der Waals surface area contributed by atoms with Gasteiger partial charge in [-0.25, -0.2) is 15.1 Å². The van der Waals surface area contributed by atoms with E-state index in [0.29, 0.717) is 25.9 Å². The Morgan fingerprint density at radius 2 is 1.94 bits per heavy atom. The molecule has 0 unspecified atom stereocenters. The summed E-state index contributed by atoms with van der Waals surface area (Å²) in [5.41, 5.74) is 2.06. The van der Waals surface area contributed by atoms with Crippen LogP contribution in [0.15, 0.2) is 0 Å². The number of hydrogen-bond acceptors (Lipinski definition) is 4. The molecule has 0 aromatic carbocycles. The molecule has 18 heavy (non-hydrogen) atoms. The fourth-order valence-corrected chi connectivity index (χ4v) is 1.74. The number of hydroxylamine groups is 1. The van der Waals surface area contributed by atoms with Gasteiger partial charge in [-0.1, -0.05) is 0 Å². The molecule has 0 atom stereocenters. The molecule has 1 heterocycles. The van der Waals surface area contributed by atoms with Gasteiger partial charge in [0.05, 0.1) is 0 Å². The third-order valence-electron chi connectivity index (χ3n) is 2.54. The number of urea groups is 1. The number of hydrogen-bond donors (Lipinski definition) is 3. The number of likely N-dealkylation sites (tertiary alicyclic amines) is 1. The van der Waals surface area contributed by atoms with Crippen LogP contribution in [0.4, 0.5) is 4.79 Å². The summed E-state index contributed by atoms with van der Waals surface area (Å²) in [6.45, 7) is 1.87. The molecule has 1 saturated heterocycles. The number of carboxylic acid groups (broad SMARTS) is 1. The highest BCUT2D eigenvalue weighted by Gasteiger charge is 2.23. The van der Waals surface area contributed by atoms with Gasteiger partial charge >= 0.3 is 12.0 Å². The van der Waals surface area contributed by atoms with Crippen LogP contribution in [-0.2, 0) is 14.4 Å². The topological polar surface area (TPSA) is 108 Å². The molecule has 0 saturated carbocycles. The van der Waals surface area contributed by atoms with Crippen molar-refractivity contribution in [3.05, 3.63) is 0 Å². The van der Waals surface area contributed by atoms with E-state index >= 15 is 0 Å². The Balaban J connectivity index is 2.23. The Morgan fingerprint density at radius 3 is 2.44 bits per heavy atom. The van der Waals surface area contributed by atoms with Gasteiger partial charge in [-0.05, 0) is 12.8 Å². The Labute approximate surface area is 104 Å². The second-order valence-electron chi connectivity index (χ2n) is 4.05. The van der Waals surface area contributed by atoms with Gasteiger partial charge in [-0.2, -0.15) is 0 Å². The molecule has 102 valence electrons. The summed E-state index contributed by atoms with van der Waals surface area (Å²) in [4.78, 5) is 38.5. The van der Waals surface area contributed by atoms with E-state index in [-0.39, 0.29) is 11.9 Å². The van der Waals surface area contributed by atoms with Gasteiger partial charge in [0.25, 0.3) is 0 Å². The van der Waals surface area contributed by atoms with Gasteiger partial charge in [-0.3, -0.25) is 9.63 Å². The van der Waals surface area contributed by atoms with Gasteiger partial charge in [-0.15, -0.1) is 0 Å². The number of aliphatic carboxylic acids is 1. The van der Waals surface area contributed by atoms with Gasteiger partial charge in [0.2, 0.25) is 5.91 Å². The van der Waals surface area contributed by atoms with E-state index in [4.69, 9.17) is 5.11 Å². The maximum atomic E-state index is 11.5. The van der Waals surface area contributed by atoms with Crippen molar-refractivity contribution < 1.29 is 24.3 Å². The van der Waals surface area contributed by atoms with Crippen molar-refractivity contribution >= 4 is 17.9 Å². The van der Waals surface area contributed by atoms with Crippen molar-refractivity contribution in [2.75, 3.05) is 19.7 Å². The van der Waals surface area contributed by atoms with Crippen molar-refractivity contribution in [1.82, 2.24) is 15.7 Å². The summed E-state index contributed by atoms with van der Waals surface area (Å²) in [6, 6.07) is -0.371. The number of nitrogens with one attached hydrogen (secondary N) is 2. The largest absolute Gasteiger partial charge is 0.479 e. The van der Waals surface area contributed by atoms with Gasteiger partial charge in [0.15, 0.2) is 6.61 Å². The first-order chi connectivity index (χ1) is 8.49. The zero-order valence-electron chi connectivity index (χ0n) is 10.1. The molecule has 3 amide bonds. The van der Waals surface area contributed by atoms with Gasteiger partial charge < -0.3 is 15.3 Å². The maximum absolute atomic E-state index is 11.5. The van der Waals surface area contributed by atoms with Crippen LogP contribution in [0.25, 0.3) is 0 Å². The molecule has 1 fully saturated rings. The van der Waals surface area contributed by atoms with E-state index in [1.807, 2.05) is 0 Å². The van der Waals surface area contributed by atoms with Crippen molar-refractivity contribution in [2.45, 2.75) is 25.8 Å². The minimum Gasteiger partial charge on any atom is -0.479 e. The third-order valence-corrected chi connectivity index (χ3v) is 2.54. The number of carbonyl (C=O) groups is 3. The Morgan fingerprint density at radius 1 is 1.33 bits per heavy atom. The summed E-state index contributed by atoms with van der Waals surface area (Å²) >= 11 is 0. The lowest BCUT2D eigenvalue weighted by Crippen LogP contribution is -2.49. The predicted molar refractivity (Wildman–Crippen MR) is 60.5 cm³/mol. The van der Waals surface area contributed by atoms with Crippen LogP contribution in [0, 0.1) is 0 Å². The van der Waals surface area contributed by atoms with Crippen molar-refractivity contribution in [3.63, 3.8) is 0 Å². The number of rotatable bonds is 4. The molecule has 8 heteroatoms. The van der Waals surface area contributed by atoms with Crippen LogP contribution >= 0.6 is 0 Å². The molecular formula is C10H17N3O5. The first-order valence-corrected chi connectivity index (χ1v) is 5.64. The summed E-state index contributed by atoms with van der Waals surface area (Å²) < 4.78 is 0. The molecule has 0 aliphatic carbocycles. The number of carboxylic acids is 1. The zero-order chi connectivity index (χ0) is 13.5. The quantitative estimate of drug-likeness (QED) is 0.579. The highest BCUT2D eigenvalue weighted by molar-refractivity contribution is 5.74. The third kappa shape index (κ3) is 5.00. The minimum absolute atomic E-state index is 0.0808. The van der Waals surface area contributed by atoms with Crippen LogP contribution < -0.4 is 10.8 Å². The Hall–Kier alpha value is -1.83. The summed E-state index contributed by atoms with van der Waals surface area (Å²) in [6.07, 6.45) is 1.35. The maximum Gasteiger partial charge on any atom is 0.341 e. The fraction of sp³-hybridized carbons (Fsp3) is 0.700. The molecule has 3 N–H and O–H groups in total. The fourth-order valence-electron chi connectivity index (χ4n) is 1.74. The highest BCUT2D eigenvalue weighted by Crippen LogP contribution is 2.10. The highest BCUT2D eigenvalue weighted by atomic mass is 16.7. The molecule has 1 rings (SSSR count). The van der Waals surface area contributed by atoms with E-state index < -0.39 is 18.6 Å². The average Bonchev–Trinajstić information content (AvgIpc) is 2.28. The molecule has 1 aliphatic rings. The van der Waals surface area contributed by atoms with Crippen molar-refractivity contribution in [3.8, 4) is 0 Å². The van der Waals surface area contributed by atoms with Crippen LogP contribution in [0.1, 0.15) is 19.8 Å². The molecule has 0 radical (unpaired) electrons. The summed E-state index contributed by atoms with van der Waals surface area (Å²) in [7, 11) is 0. The average molecular weight is 259 g/mol. The summed E-state index contributed by atoms with van der Waals surface area (Å²) in [5.74, 6) is -1.23. The lowest BCUT2D eigenvalue weighted by atomic mass is 10.1.